The fraction of sp³-hybridized carbons (Fsp3) is 1.00. The van der Waals surface area contributed by atoms with Gasteiger partial charge in [-0.15, -0.1) is 0 Å². The molecule has 0 saturated carbocycles. The maximum absolute atomic E-state index is 10.7. The highest BCUT2D eigenvalue weighted by Crippen LogP contribution is 2.20. The van der Waals surface area contributed by atoms with E-state index in [1.54, 1.807) is 0 Å². The topological polar surface area (TPSA) is 128 Å². The van der Waals surface area contributed by atoms with Crippen LogP contribution in [-0.4, -0.2) is 33.2 Å². The molecule has 0 saturated heterocycles. The van der Waals surface area contributed by atoms with Crippen molar-refractivity contribution in [3.63, 3.8) is 0 Å². The third-order valence-electron chi connectivity index (χ3n) is 0.498. The maximum atomic E-state index is 10.7. The Morgan fingerprint density at radius 3 is 1.36 bits per heavy atom. The fourth-order valence-corrected chi connectivity index (χ4v) is 0. The summed E-state index contributed by atoms with van der Waals surface area (Å²) in [5, 5.41) is 0. The zero-order valence-electron chi connectivity index (χ0n) is 6.61. The number of alkyl halides is 3. The summed E-state index contributed by atoms with van der Waals surface area (Å²) >= 11 is 0. The van der Waals surface area contributed by atoms with Gasteiger partial charge in [-0.05, 0) is 0 Å². The second-order valence-corrected chi connectivity index (χ2v) is 4.74. The lowest BCUT2D eigenvalue weighted by atomic mass is 11.6. The fourth-order valence-electron chi connectivity index (χ4n) is 0. The molecule has 0 aliphatic heterocycles. The van der Waals surface area contributed by atoms with Gasteiger partial charge in [-0.1, -0.05) is 4.28 Å². The van der Waals surface area contributed by atoms with Crippen LogP contribution in [0, 0.1) is 0 Å². The summed E-state index contributed by atoms with van der Waals surface area (Å²) in [4.78, 5) is 0. The normalized spacial score (nSPS) is 13.0. The molecule has 0 unspecified atom stereocenters. The molecule has 0 fully saturated rings. The molecule has 3 N–H and O–H groups in total. The first-order chi connectivity index (χ1) is 5.81. The highest BCUT2D eigenvalue weighted by Gasteiger charge is 2.36. The van der Waals surface area contributed by atoms with E-state index in [1.807, 2.05) is 0 Å². The van der Waals surface area contributed by atoms with Crippen molar-refractivity contribution in [2.45, 2.75) is 5.51 Å². The molecule has 0 amide bonds. The van der Waals surface area contributed by atoms with Crippen molar-refractivity contribution in [1.29, 1.82) is 0 Å². The zero-order chi connectivity index (χ0) is 12.2. The van der Waals surface area contributed by atoms with E-state index in [0.717, 1.165) is 6.26 Å². The Bertz CT molecular complexity index is 353. The average molecular weight is 261 g/mol. The first-order valence-electron chi connectivity index (χ1n) is 2.47. The zero-order valence-corrected chi connectivity index (χ0v) is 8.24. The predicted octanol–water partition coefficient (Wildman–Crippen LogP) is -1.83. The lowest BCUT2D eigenvalue weighted by molar-refractivity contribution is -0.634. The second kappa shape index (κ2) is 4.88. The monoisotopic (exact) mass is 261 g/mol. The van der Waals surface area contributed by atoms with Crippen LogP contribution in [0.5, 0.6) is 0 Å². The van der Waals surface area contributed by atoms with Gasteiger partial charge in [-0.3, -0.25) is 0 Å². The number of hydrogen-bond donors (Lipinski definition) is 1. The van der Waals surface area contributed by atoms with E-state index >= 15 is 0 Å². The summed E-state index contributed by atoms with van der Waals surface area (Å²) in [6, 6.07) is 0. The van der Waals surface area contributed by atoms with Gasteiger partial charge in [-0.25, -0.2) is 8.42 Å². The van der Waals surface area contributed by atoms with Gasteiger partial charge in [0, 0.05) is 0 Å². The van der Waals surface area contributed by atoms with Crippen molar-refractivity contribution >= 4 is 20.2 Å². The van der Waals surface area contributed by atoms with Crippen molar-refractivity contribution in [2.75, 3.05) is 6.26 Å². The molecule has 0 rings (SSSR count). The van der Waals surface area contributed by atoms with Crippen LogP contribution in [0.25, 0.3) is 0 Å². The van der Waals surface area contributed by atoms with Crippen LogP contribution in [0.2, 0.25) is 0 Å². The molecule has 0 heterocycles. The van der Waals surface area contributed by atoms with Gasteiger partial charge in [0.2, 0.25) is 0 Å². The number of hydrogen-bond acceptors (Lipinski definition) is 6. The molecule has 0 aromatic rings. The molecule has 0 bridgehead atoms. The molecule has 0 radical (unpaired) electrons. The Balaban J connectivity index is 0. The van der Waals surface area contributed by atoms with Gasteiger partial charge in [0.15, 0.2) is 10.1 Å². The minimum atomic E-state index is -6.09. The molecule has 0 aliphatic carbocycles. The van der Waals surface area contributed by atoms with Crippen molar-refractivity contribution in [1.82, 2.24) is 0 Å². The van der Waals surface area contributed by atoms with E-state index in [2.05, 4.69) is 10.2 Å². The summed E-state index contributed by atoms with van der Waals surface area (Å²) in [6.45, 7) is 0. The van der Waals surface area contributed by atoms with E-state index in [4.69, 9.17) is 13.0 Å². The molecule has 0 atom stereocenters. The maximum Gasteiger partial charge on any atom is 0.485 e. The molecule has 12 heteroatoms. The molecule has 14 heavy (non-hydrogen) atoms. The molecular weight excluding hydrogens is 255 g/mol. The standard InChI is InChI=1S/CHF3O3S.CH6NO3S/c2-1(3,4)8(5,6)7;1-6(3,4)5-2/h(H,5,6,7);1-2H3/q;+1/p-1. The molecular formula is C2H6F3NO6S2. The van der Waals surface area contributed by atoms with E-state index < -0.39 is 25.7 Å². The van der Waals surface area contributed by atoms with Gasteiger partial charge in [0.25, 0.3) is 0 Å². The van der Waals surface area contributed by atoms with Crippen molar-refractivity contribution in [3.8, 4) is 0 Å². The third-order valence-corrected chi connectivity index (χ3v) is 1.49. The molecule has 7 nitrogen and oxygen atoms in total. The Morgan fingerprint density at radius 2 is 1.36 bits per heavy atom. The largest absolute Gasteiger partial charge is 0.741 e. The number of halogens is 3. The quantitative estimate of drug-likeness (QED) is 0.336. The van der Waals surface area contributed by atoms with Crippen LogP contribution in [-0.2, 0) is 24.5 Å². The van der Waals surface area contributed by atoms with Crippen molar-refractivity contribution in [3.05, 3.63) is 0 Å². The van der Waals surface area contributed by atoms with E-state index in [1.165, 1.54) is 0 Å². The third kappa shape index (κ3) is 9.66. The smallest absolute Gasteiger partial charge is 0.485 e. The summed E-state index contributed by atoms with van der Waals surface area (Å²) in [5.74, 6) is 2.67. The highest BCUT2D eigenvalue weighted by atomic mass is 32.2. The van der Waals surface area contributed by atoms with E-state index in [9.17, 15) is 21.6 Å². The van der Waals surface area contributed by atoms with Crippen LogP contribution in [0.4, 0.5) is 13.2 Å². The SMILES string of the molecule is CS(=O)(=O)O[NH3+].O=S(=O)([O-])C(F)(F)F. The van der Waals surface area contributed by atoms with Gasteiger partial charge < -0.3 is 4.55 Å². The first-order valence-corrected chi connectivity index (χ1v) is 5.69. The van der Waals surface area contributed by atoms with Gasteiger partial charge in [0.1, 0.15) is 0 Å². The lowest BCUT2D eigenvalue weighted by Gasteiger charge is -2.08. The van der Waals surface area contributed by atoms with Gasteiger partial charge >= 0.3 is 15.6 Å². The summed E-state index contributed by atoms with van der Waals surface area (Å²) in [6.07, 6.45) is 0.931. The van der Waals surface area contributed by atoms with Crippen LogP contribution in [0.1, 0.15) is 0 Å². The Morgan fingerprint density at radius 1 is 1.21 bits per heavy atom. The Labute approximate surface area is 77.5 Å². The minimum Gasteiger partial charge on any atom is -0.741 e. The minimum absolute atomic E-state index is 0.931. The van der Waals surface area contributed by atoms with Crippen molar-refractivity contribution in [2.24, 2.45) is 0 Å². The summed E-state index contributed by atoms with van der Waals surface area (Å²) in [7, 11) is -9.36. The van der Waals surface area contributed by atoms with Crippen LogP contribution >= 0.6 is 0 Å². The average Bonchev–Trinajstić information content (AvgIpc) is 1.82. The van der Waals surface area contributed by atoms with Gasteiger partial charge in [-0.2, -0.15) is 27.5 Å². The van der Waals surface area contributed by atoms with Crippen molar-refractivity contribution < 1.29 is 44.7 Å². The highest BCUT2D eigenvalue weighted by molar-refractivity contribution is 7.86. The molecule has 88 valence electrons. The molecule has 0 aromatic heterocycles. The summed E-state index contributed by atoms with van der Waals surface area (Å²) in [5.41, 5.74) is -5.65. The Hall–Kier alpha value is -0.430. The predicted molar refractivity (Wildman–Crippen MR) is 34.6 cm³/mol. The Kier molecular flexibility index (Phi) is 5.58. The molecule has 0 spiro atoms. The van der Waals surface area contributed by atoms with Gasteiger partial charge in [0.05, 0.1) is 6.26 Å². The number of quaternary nitrogens is 1. The molecule has 0 aliphatic rings. The van der Waals surface area contributed by atoms with E-state index in [-0.39, 0.29) is 0 Å². The van der Waals surface area contributed by atoms with Crippen LogP contribution < -0.4 is 5.90 Å². The van der Waals surface area contributed by atoms with Crippen LogP contribution in [0.15, 0.2) is 0 Å². The first kappa shape index (κ1) is 16.0. The van der Waals surface area contributed by atoms with E-state index in [0.29, 0.717) is 0 Å². The molecule has 0 aromatic carbocycles. The lowest BCUT2D eigenvalue weighted by Crippen LogP contribution is -2.50. The second-order valence-electron chi connectivity index (χ2n) is 1.72. The summed E-state index contributed by atoms with van der Waals surface area (Å²) < 4.78 is 82.0. The van der Waals surface area contributed by atoms with Crippen LogP contribution in [0.3, 0.4) is 0 Å². The number of rotatable bonds is 1.